The van der Waals surface area contributed by atoms with Crippen LogP contribution in [0.15, 0.2) is 53.1 Å². The molecule has 0 spiro atoms. The van der Waals surface area contributed by atoms with Gasteiger partial charge in [0.15, 0.2) is 5.11 Å². The van der Waals surface area contributed by atoms with Crippen LogP contribution in [0.25, 0.3) is 11.4 Å². The second kappa shape index (κ2) is 7.97. The summed E-state index contributed by atoms with van der Waals surface area (Å²) in [7, 11) is 3.50. The van der Waals surface area contributed by atoms with Gasteiger partial charge in [-0.05, 0) is 43.4 Å². The zero-order valence-corrected chi connectivity index (χ0v) is 15.7. The van der Waals surface area contributed by atoms with E-state index in [1.165, 1.54) is 5.56 Å². The lowest BCUT2D eigenvalue weighted by molar-refractivity contribution is 0.336. The third-order valence-electron chi connectivity index (χ3n) is 3.82. The van der Waals surface area contributed by atoms with Crippen molar-refractivity contribution in [2.24, 2.45) is 0 Å². The molecule has 6 nitrogen and oxygen atoms in total. The number of hydrogen-bond acceptors (Lipinski definition) is 5. The van der Waals surface area contributed by atoms with E-state index in [9.17, 15) is 0 Å². The molecule has 2 aromatic carbocycles. The fourth-order valence-corrected chi connectivity index (χ4v) is 2.51. The molecule has 26 heavy (non-hydrogen) atoms. The van der Waals surface area contributed by atoms with Crippen LogP contribution in [0.3, 0.4) is 0 Å². The molecule has 1 heterocycles. The van der Waals surface area contributed by atoms with Crippen LogP contribution in [0, 0.1) is 6.92 Å². The highest BCUT2D eigenvalue weighted by molar-refractivity contribution is 7.80. The summed E-state index contributed by atoms with van der Waals surface area (Å²) in [4.78, 5) is 6.28. The Bertz CT molecular complexity index is 893. The molecule has 0 unspecified atom stereocenters. The number of benzene rings is 2. The van der Waals surface area contributed by atoms with E-state index < -0.39 is 0 Å². The molecule has 0 saturated heterocycles. The molecule has 0 radical (unpaired) electrons. The van der Waals surface area contributed by atoms with Crippen LogP contribution in [-0.4, -0.2) is 34.3 Å². The van der Waals surface area contributed by atoms with Crippen molar-refractivity contribution in [3.63, 3.8) is 0 Å². The van der Waals surface area contributed by atoms with Crippen molar-refractivity contribution < 1.29 is 9.26 Å². The van der Waals surface area contributed by atoms with Crippen molar-refractivity contribution in [1.29, 1.82) is 0 Å². The number of thiocarbonyl (C=S) groups is 1. The predicted molar refractivity (Wildman–Crippen MR) is 105 cm³/mol. The Morgan fingerprint density at radius 2 is 2.00 bits per heavy atom. The quantitative estimate of drug-likeness (QED) is 0.686. The molecule has 0 aliphatic heterocycles. The Hall–Kier alpha value is -2.93. The highest BCUT2D eigenvalue weighted by Gasteiger charge is 2.13. The number of nitrogens with zero attached hydrogens (tertiary/aromatic N) is 3. The van der Waals surface area contributed by atoms with Crippen LogP contribution in [0.5, 0.6) is 5.75 Å². The number of methoxy groups -OCH3 is 1. The first-order chi connectivity index (χ1) is 12.5. The largest absolute Gasteiger partial charge is 0.497 e. The summed E-state index contributed by atoms with van der Waals surface area (Å²) in [5, 5.41) is 7.81. The lowest BCUT2D eigenvalue weighted by Gasteiger charge is -2.19. The normalized spacial score (nSPS) is 10.4. The molecule has 7 heteroatoms. The summed E-state index contributed by atoms with van der Waals surface area (Å²) in [6.07, 6.45) is 0. The molecule has 1 aromatic heterocycles. The average Bonchev–Trinajstić information content (AvgIpc) is 3.12. The van der Waals surface area contributed by atoms with Crippen molar-refractivity contribution in [2.45, 2.75) is 13.5 Å². The first-order valence-electron chi connectivity index (χ1n) is 8.11. The first kappa shape index (κ1) is 17.9. The van der Waals surface area contributed by atoms with Gasteiger partial charge in [0.25, 0.3) is 0 Å². The predicted octanol–water partition coefficient (Wildman–Crippen LogP) is 3.88. The fraction of sp³-hybridized carbons (Fsp3) is 0.211. The van der Waals surface area contributed by atoms with Crippen LogP contribution < -0.4 is 10.1 Å². The fourth-order valence-electron chi connectivity index (χ4n) is 2.33. The van der Waals surface area contributed by atoms with E-state index in [1.54, 1.807) is 7.11 Å². The lowest BCUT2D eigenvalue weighted by Crippen LogP contribution is -2.30. The zero-order chi connectivity index (χ0) is 18.5. The maximum atomic E-state index is 5.43. The summed E-state index contributed by atoms with van der Waals surface area (Å²) in [5.41, 5.74) is 2.98. The highest BCUT2D eigenvalue weighted by Crippen LogP contribution is 2.21. The standard InChI is InChI=1S/C19H20N4O2S/c1-13-7-9-15(10-8-13)20-19(26)23(2)12-17-21-18(22-25-17)14-5-4-6-16(11-14)24-3/h4-11H,12H2,1-3H3,(H,20,26). The molecule has 3 aromatic rings. The number of ether oxygens (including phenoxy) is 1. The van der Waals surface area contributed by atoms with E-state index in [1.807, 2.05) is 67.4 Å². The molecule has 0 bridgehead atoms. The zero-order valence-electron chi connectivity index (χ0n) is 14.9. The summed E-state index contributed by atoms with van der Waals surface area (Å²) in [5.74, 6) is 1.75. The second-order valence-corrected chi connectivity index (χ2v) is 6.28. The van der Waals surface area contributed by atoms with Gasteiger partial charge in [-0.1, -0.05) is 35.0 Å². The van der Waals surface area contributed by atoms with E-state index in [0.29, 0.717) is 23.4 Å². The number of aromatic nitrogens is 2. The monoisotopic (exact) mass is 368 g/mol. The second-order valence-electron chi connectivity index (χ2n) is 5.90. The molecule has 0 atom stereocenters. The van der Waals surface area contributed by atoms with E-state index in [4.69, 9.17) is 21.5 Å². The molecule has 0 amide bonds. The van der Waals surface area contributed by atoms with Gasteiger partial charge in [0, 0.05) is 18.3 Å². The van der Waals surface area contributed by atoms with E-state index in [0.717, 1.165) is 17.0 Å². The van der Waals surface area contributed by atoms with Crippen LogP contribution in [0.1, 0.15) is 11.5 Å². The Morgan fingerprint density at radius 3 is 2.73 bits per heavy atom. The summed E-state index contributed by atoms with van der Waals surface area (Å²) in [6, 6.07) is 15.6. The minimum Gasteiger partial charge on any atom is -0.497 e. The van der Waals surface area contributed by atoms with E-state index in [2.05, 4.69) is 15.5 Å². The van der Waals surface area contributed by atoms with Crippen LogP contribution in [-0.2, 0) is 6.54 Å². The van der Waals surface area contributed by atoms with Crippen molar-refractivity contribution in [3.05, 3.63) is 60.0 Å². The molecule has 134 valence electrons. The minimum atomic E-state index is 0.411. The molecule has 1 N–H and O–H groups in total. The molecule has 0 saturated carbocycles. The van der Waals surface area contributed by atoms with Gasteiger partial charge in [-0.15, -0.1) is 0 Å². The Balaban J connectivity index is 1.64. The topological polar surface area (TPSA) is 63.4 Å². The maximum Gasteiger partial charge on any atom is 0.246 e. The van der Waals surface area contributed by atoms with Gasteiger partial charge in [-0.2, -0.15) is 4.98 Å². The average molecular weight is 368 g/mol. The van der Waals surface area contributed by atoms with E-state index in [-0.39, 0.29) is 0 Å². The SMILES string of the molecule is COc1cccc(-c2noc(CN(C)C(=S)Nc3ccc(C)cc3)n2)c1. The molecule has 0 aliphatic carbocycles. The lowest BCUT2D eigenvalue weighted by atomic mass is 10.2. The smallest absolute Gasteiger partial charge is 0.246 e. The van der Waals surface area contributed by atoms with Gasteiger partial charge in [-0.25, -0.2) is 0 Å². The van der Waals surface area contributed by atoms with Crippen LogP contribution in [0.4, 0.5) is 5.69 Å². The number of aryl methyl sites for hydroxylation is 1. The van der Waals surface area contributed by atoms with Gasteiger partial charge in [0.05, 0.1) is 13.7 Å². The number of nitrogens with one attached hydrogen (secondary N) is 1. The summed E-state index contributed by atoms with van der Waals surface area (Å²) < 4.78 is 10.6. The van der Waals surface area contributed by atoms with Gasteiger partial charge in [0.2, 0.25) is 11.7 Å². The van der Waals surface area contributed by atoms with Crippen molar-refractivity contribution in [2.75, 3.05) is 19.5 Å². The first-order valence-corrected chi connectivity index (χ1v) is 8.52. The van der Waals surface area contributed by atoms with Crippen molar-refractivity contribution >= 4 is 23.0 Å². The van der Waals surface area contributed by atoms with Gasteiger partial charge in [-0.3, -0.25) is 0 Å². The minimum absolute atomic E-state index is 0.411. The van der Waals surface area contributed by atoms with Crippen LogP contribution in [0.2, 0.25) is 0 Å². The number of rotatable bonds is 5. The van der Waals surface area contributed by atoms with Gasteiger partial charge >= 0.3 is 0 Å². The third kappa shape index (κ3) is 4.37. The Kier molecular flexibility index (Phi) is 5.48. The Labute approximate surface area is 157 Å². The van der Waals surface area contributed by atoms with Crippen molar-refractivity contribution in [3.8, 4) is 17.1 Å². The van der Waals surface area contributed by atoms with Gasteiger partial charge < -0.3 is 19.5 Å². The number of hydrogen-bond donors (Lipinski definition) is 1. The van der Waals surface area contributed by atoms with Gasteiger partial charge in [0.1, 0.15) is 5.75 Å². The number of anilines is 1. The molecular formula is C19H20N4O2S. The molecule has 0 aliphatic rings. The molecule has 3 rings (SSSR count). The van der Waals surface area contributed by atoms with Crippen LogP contribution >= 0.6 is 12.2 Å². The third-order valence-corrected chi connectivity index (χ3v) is 4.23. The Morgan fingerprint density at radius 1 is 1.23 bits per heavy atom. The summed E-state index contributed by atoms with van der Waals surface area (Å²) in [6.45, 7) is 2.46. The maximum absolute atomic E-state index is 5.43. The summed E-state index contributed by atoms with van der Waals surface area (Å²) >= 11 is 5.43. The highest BCUT2D eigenvalue weighted by atomic mass is 32.1. The molecular weight excluding hydrogens is 348 g/mol. The van der Waals surface area contributed by atoms with Crippen molar-refractivity contribution in [1.82, 2.24) is 15.0 Å². The molecule has 0 fully saturated rings. The van der Waals surface area contributed by atoms with E-state index >= 15 is 0 Å².